The molecule has 2 nitrogen and oxygen atoms in total. The molecule has 0 N–H and O–H groups in total. The fraction of sp³-hybridized carbons (Fsp3) is 0. The molecule has 0 aliphatic heterocycles. The average molecular weight is 143 g/mol. The Kier molecular flexibility index (Phi) is 3.21. The molecule has 0 saturated heterocycles. The van der Waals surface area contributed by atoms with Gasteiger partial charge in [0.2, 0.25) is 0 Å². The third-order valence-corrected chi connectivity index (χ3v) is 0.215. The summed E-state index contributed by atoms with van der Waals surface area (Å²) in [5.41, 5.74) is 0. The van der Waals surface area contributed by atoms with E-state index in [1.165, 1.54) is 19.3 Å². The molecule has 0 bridgehead atoms. The van der Waals surface area contributed by atoms with Gasteiger partial charge in [0.1, 0.15) is 0 Å². The summed E-state index contributed by atoms with van der Waals surface area (Å²) >= 11 is 1.48. The van der Waals surface area contributed by atoms with Crippen LogP contribution >= 0.6 is 0 Å². The van der Waals surface area contributed by atoms with E-state index in [0.717, 1.165) is 0 Å². The van der Waals surface area contributed by atoms with Gasteiger partial charge in [-0.3, -0.25) is 0 Å². The Morgan fingerprint density at radius 3 is 2.25 bits per heavy atom. The first-order valence-electron chi connectivity index (χ1n) is 0.626. The topological polar surface area (TPSA) is 26.3 Å². The molecule has 0 aromatic heterocycles. The van der Waals surface area contributed by atoms with Crippen molar-refractivity contribution in [2.45, 2.75) is 0 Å². The van der Waals surface area contributed by atoms with Crippen LogP contribution in [0.5, 0.6) is 0 Å². The molecule has 3 heteroatoms. The van der Waals surface area contributed by atoms with Gasteiger partial charge in [-0.05, 0) is 0 Å². The van der Waals surface area contributed by atoms with E-state index in [1.54, 1.807) is 0 Å². The predicted molar refractivity (Wildman–Crippen MR) is 7.15 cm³/mol. The van der Waals surface area contributed by atoms with Gasteiger partial charge in [0.15, 0.2) is 0 Å². The van der Waals surface area contributed by atoms with Crippen LogP contribution in [0.2, 0.25) is 0 Å². The summed E-state index contributed by atoms with van der Waals surface area (Å²) < 4.78 is 3.83. The summed E-state index contributed by atoms with van der Waals surface area (Å²) in [6, 6.07) is 0. The molecule has 0 spiro atoms. The van der Waals surface area contributed by atoms with Crippen LogP contribution in [0.3, 0.4) is 0 Å². The van der Waals surface area contributed by atoms with Crippen molar-refractivity contribution in [3.63, 3.8) is 0 Å². The Labute approximate surface area is 34.7 Å². The second-order valence-electron chi connectivity index (χ2n) is 0.185. The van der Waals surface area contributed by atoms with Gasteiger partial charge < -0.3 is 0 Å². The first-order chi connectivity index (χ1) is 1.91. The standard InChI is InChI=1S/CH2O2.Tc/c2-1-3;/h1H,(H,2,3);/q;+1/p-1. The van der Waals surface area contributed by atoms with Gasteiger partial charge in [-0.25, -0.2) is 0 Å². The molecule has 0 atom stereocenters. The van der Waals surface area contributed by atoms with Crippen molar-refractivity contribution in [2.24, 2.45) is 0 Å². The van der Waals surface area contributed by atoms with E-state index in [-0.39, 0.29) is 0 Å². The number of hydrogen-bond donors (Lipinski definition) is 0. The van der Waals surface area contributed by atoms with Gasteiger partial charge in [0, 0.05) is 0 Å². The van der Waals surface area contributed by atoms with Crippen LogP contribution in [0.15, 0.2) is 0 Å². The van der Waals surface area contributed by atoms with Crippen molar-refractivity contribution in [3.05, 3.63) is 0 Å². The number of hydrogen-bond acceptors (Lipinski definition) is 2. The van der Waals surface area contributed by atoms with Gasteiger partial charge >= 0.3 is 34.0 Å². The van der Waals surface area contributed by atoms with Crippen molar-refractivity contribution in [3.8, 4) is 0 Å². The fourth-order valence-corrected chi connectivity index (χ4v) is 0. The molecule has 0 radical (unpaired) electrons. The minimum absolute atomic E-state index is 0.362. The molecule has 0 amide bonds. The molecule has 0 aromatic rings. The SMILES string of the molecule is O=C[O][Tc]. The van der Waals surface area contributed by atoms with Gasteiger partial charge in [-0.15, -0.1) is 0 Å². The second-order valence-corrected chi connectivity index (χ2v) is 0.623. The summed E-state index contributed by atoms with van der Waals surface area (Å²) in [7, 11) is 0. The Morgan fingerprint density at radius 2 is 2.25 bits per heavy atom. The maximum atomic E-state index is 8.94. The van der Waals surface area contributed by atoms with Crippen LogP contribution in [-0.2, 0) is 27.6 Å². The van der Waals surface area contributed by atoms with Gasteiger partial charge in [-0.1, -0.05) is 0 Å². The molecule has 0 heterocycles. The van der Waals surface area contributed by atoms with E-state index in [0.29, 0.717) is 6.47 Å². The van der Waals surface area contributed by atoms with Gasteiger partial charge in [-0.2, -0.15) is 0 Å². The molecule has 0 saturated carbocycles. The van der Waals surface area contributed by atoms with E-state index >= 15 is 0 Å². The first-order valence-corrected chi connectivity index (χ1v) is 1.38. The Hall–Kier alpha value is 0.119. The van der Waals surface area contributed by atoms with E-state index < -0.39 is 0 Å². The van der Waals surface area contributed by atoms with E-state index in [1.807, 2.05) is 0 Å². The molecular formula is CHO2Tc. The van der Waals surface area contributed by atoms with Crippen molar-refractivity contribution in [1.29, 1.82) is 0 Å². The molecule has 0 rings (SSSR count). The van der Waals surface area contributed by atoms with Crippen molar-refractivity contribution in [1.82, 2.24) is 0 Å². The summed E-state index contributed by atoms with van der Waals surface area (Å²) in [6.45, 7) is 0.362. The molecular weight excluding hydrogens is 142 g/mol. The second kappa shape index (κ2) is 3.12. The summed E-state index contributed by atoms with van der Waals surface area (Å²) in [4.78, 5) is 8.94. The van der Waals surface area contributed by atoms with E-state index in [2.05, 4.69) is 3.50 Å². The quantitative estimate of drug-likeness (QED) is 0.467. The third-order valence-electron chi connectivity index (χ3n) is 0.0364. The molecule has 0 fully saturated rings. The fourth-order valence-electron chi connectivity index (χ4n) is 0. The van der Waals surface area contributed by atoms with E-state index in [4.69, 9.17) is 4.79 Å². The zero-order valence-electron chi connectivity index (χ0n) is 1.77. The number of rotatable bonds is 1. The van der Waals surface area contributed by atoms with Crippen LogP contribution in [-0.4, -0.2) is 6.47 Å². The van der Waals surface area contributed by atoms with Crippen molar-refractivity contribution >= 4 is 6.47 Å². The Bertz CT molecular complexity index is 20.0. The Morgan fingerprint density at radius 1 is 2.00 bits per heavy atom. The zero-order valence-corrected chi connectivity index (χ0v) is 3.63. The molecule has 4 heavy (non-hydrogen) atoms. The normalized spacial score (nSPS) is 5.25. The molecule has 24 valence electrons. The predicted octanol–water partition coefficient (Wildman–Crippen LogP) is -0.379. The molecule has 0 aliphatic rings. The Balaban J connectivity index is 2.30. The first kappa shape index (κ1) is 4.12. The van der Waals surface area contributed by atoms with Crippen molar-refractivity contribution in [2.75, 3.05) is 0 Å². The summed E-state index contributed by atoms with van der Waals surface area (Å²) in [5.74, 6) is 0. The molecule has 0 unspecified atom stereocenters. The average Bonchev–Trinajstić information content (AvgIpc) is 1.37. The summed E-state index contributed by atoms with van der Waals surface area (Å²) in [5, 5.41) is 0. The van der Waals surface area contributed by atoms with E-state index in [9.17, 15) is 0 Å². The van der Waals surface area contributed by atoms with Crippen LogP contribution < -0.4 is 0 Å². The monoisotopic (exact) mass is 142 g/mol. The zero-order chi connectivity index (χ0) is 3.41. The van der Waals surface area contributed by atoms with Gasteiger partial charge in [0.25, 0.3) is 0 Å². The van der Waals surface area contributed by atoms with Crippen LogP contribution in [0.1, 0.15) is 0 Å². The van der Waals surface area contributed by atoms with Crippen LogP contribution in [0, 0.1) is 0 Å². The van der Waals surface area contributed by atoms with Crippen LogP contribution in [0.4, 0.5) is 0 Å². The minimum atomic E-state index is 0.362. The van der Waals surface area contributed by atoms with Gasteiger partial charge in [0.05, 0.1) is 0 Å². The van der Waals surface area contributed by atoms with Crippen molar-refractivity contribution < 1.29 is 27.6 Å². The summed E-state index contributed by atoms with van der Waals surface area (Å²) in [6.07, 6.45) is 0. The molecule has 0 aliphatic carbocycles. The number of carbonyl (C=O) groups is 1. The van der Waals surface area contributed by atoms with Crippen LogP contribution in [0.25, 0.3) is 0 Å². The number of carbonyl (C=O) groups excluding carboxylic acids is 1. The third kappa shape index (κ3) is 2.12. The molecule has 0 aromatic carbocycles. The maximum absolute atomic E-state index is 8.94.